The van der Waals surface area contributed by atoms with Gasteiger partial charge in [-0.2, -0.15) is 0 Å². The molecule has 1 aromatic carbocycles. The molecule has 108 valence electrons. The lowest BCUT2D eigenvalue weighted by atomic mass is 10.1. The van der Waals surface area contributed by atoms with Crippen LogP contribution in [0.15, 0.2) is 18.2 Å². The fraction of sp³-hybridized carbons (Fsp3) is 0.250. The molecule has 0 aliphatic rings. The third-order valence-electron chi connectivity index (χ3n) is 2.23. The second-order valence-electron chi connectivity index (χ2n) is 3.82. The van der Waals surface area contributed by atoms with Gasteiger partial charge in [0.1, 0.15) is 5.82 Å². The number of hydrogen-bond donors (Lipinski definition) is 3. The Balaban J connectivity index is 2.73. The molecule has 1 rings (SSSR count). The van der Waals surface area contributed by atoms with Crippen LogP contribution in [0.1, 0.15) is 15.9 Å². The Bertz CT molecular complexity index is 662. The standard InChI is InChI=1S/C12H14FN3O3S/c13-11-8-10(4-3-9(11)2-1-5-14)12(17)16-6-7-20(15,18)19/h3-4,8H,5-7,14H2,(H,16,17)(H2,15,18,19). The van der Waals surface area contributed by atoms with Crippen molar-refractivity contribution < 1.29 is 17.6 Å². The molecule has 20 heavy (non-hydrogen) atoms. The van der Waals surface area contributed by atoms with E-state index in [0.717, 1.165) is 6.07 Å². The van der Waals surface area contributed by atoms with Gasteiger partial charge in [0.15, 0.2) is 0 Å². The van der Waals surface area contributed by atoms with Crippen molar-refractivity contribution in [3.8, 4) is 11.8 Å². The van der Waals surface area contributed by atoms with Crippen LogP contribution in [0.5, 0.6) is 0 Å². The first kappa shape index (κ1) is 16.1. The Morgan fingerprint density at radius 3 is 2.65 bits per heavy atom. The van der Waals surface area contributed by atoms with Gasteiger partial charge in [0, 0.05) is 12.1 Å². The van der Waals surface area contributed by atoms with Crippen molar-refractivity contribution in [2.24, 2.45) is 10.9 Å². The Labute approximate surface area is 116 Å². The quantitative estimate of drug-likeness (QED) is 0.628. The van der Waals surface area contributed by atoms with E-state index >= 15 is 0 Å². The fourth-order valence-electron chi connectivity index (χ4n) is 1.31. The zero-order chi connectivity index (χ0) is 15.2. The second kappa shape index (κ2) is 7.00. The SMILES string of the molecule is NCC#Cc1ccc(C(=O)NCCS(N)(=O)=O)cc1F. The monoisotopic (exact) mass is 299 g/mol. The van der Waals surface area contributed by atoms with Gasteiger partial charge in [0.25, 0.3) is 5.91 Å². The maximum atomic E-state index is 13.6. The molecule has 1 aromatic rings. The van der Waals surface area contributed by atoms with E-state index in [1.54, 1.807) is 0 Å². The Hall–Kier alpha value is -1.95. The Morgan fingerprint density at radius 2 is 2.10 bits per heavy atom. The van der Waals surface area contributed by atoms with Crippen LogP contribution in [0.2, 0.25) is 0 Å². The van der Waals surface area contributed by atoms with Crippen molar-refractivity contribution in [1.82, 2.24) is 5.32 Å². The Kier molecular flexibility index (Phi) is 5.64. The number of rotatable bonds is 4. The zero-order valence-corrected chi connectivity index (χ0v) is 11.3. The molecular formula is C12H14FN3O3S. The van der Waals surface area contributed by atoms with E-state index in [1.807, 2.05) is 0 Å². The van der Waals surface area contributed by atoms with Crippen molar-refractivity contribution in [2.75, 3.05) is 18.8 Å². The van der Waals surface area contributed by atoms with Gasteiger partial charge in [-0.3, -0.25) is 4.79 Å². The minimum Gasteiger partial charge on any atom is -0.351 e. The molecule has 1 amide bonds. The lowest BCUT2D eigenvalue weighted by Crippen LogP contribution is -2.31. The summed E-state index contributed by atoms with van der Waals surface area (Å²) in [5, 5.41) is 7.11. The van der Waals surface area contributed by atoms with E-state index in [9.17, 15) is 17.6 Å². The smallest absolute Gasteiger partial charge is 0.251 e. The Morgan fingerprint density at radius 1 is 1.40 bits per heavy atom. The maximum Gasteiger partial charge on any atom is 0.251 e. The second-order valence-corrected chi connectivity index (χ2v) is 5.56. The molecule has 6 nitrogen and oxygen atoms in total. The third kappa shape index (κ3) is 5.36. The van der Waals surface area contributed by atoms with E-state index in [-0.39, 0.29) is 30.0 Å². The highest BCUT2D eigenvalue weighted by Crippen LogP contribution is 2.09. The van der Waals surface area contributed by atoms with Crippen LogP contribution in [0.4, 0.5) is 4.39 Å². The van der Waals surface area contributed by atoms with Crippen LogP contribution < -0.4 is 16.2 Å². The van der Waals surface area contributed by atoms with Gasteiger partial charge in [-0.1, -0.05) is 11.8 Å². The number of amides is 1. The molecule has 0 radical (unpaired) electrons. The van der Waals surface area contributed by atoms with Crippen LogP contribution >= 0.6 is 0 Å². The molecule has 0 atom stereocenters. The van der Waals surface area contributed by atoms with Crippen LogP contribution in [0, 0.1) is 17.7 Å². The van der Waals surface area contributed by atoms with E-state index < -0.39 is 21.7 Å². The summed E-state index contributed by atoms with van der Waals surface area (Å²) in [6.45, 7) is -0.0384. The van der Waals surface area contributed by atoms with Gasteiger partial charge < -0.3 is 11.1 Å². The predicted octanol–water partition coefficient (Wildman–Crippen LogP) is -0.846. The van der Waals surface area contributed by atoms with Gasteiger partial charge in [-0.05, 0) is 18.2 Å². The summed E-state index contributed by atoms with van der Waals surface area (Å²) in [7, 11) is -3.65. The number of nitrogens with two attached hydrogens (primary N) is 2. The number of carbonyl (C=O) groups excluding carboxylic acids is 1. The first-order valence-electron chi connectivity index (χ1n) is 5.60. The fourth-order valence-corrected chi connectivity index (χ4v) is 1.70. The van der Waals surface area contributed by atoms with Crippen LogP contribution in [0.25, 0.3) is 0 Å². The van der Waals surface area contributed by atoms with Crippen molar-refractivity contribution in [2.45, 2.75) is 0 Å². The van der Waals surface area contributed by atoms with E-state index in [0.29, 0.717) is 0 Å². The lowest BCUT2D eigenvalue weighted by Gasteiger charge is -2.05. The largest absolute Gasteiger partial charge is 0.351 e. The summed E-state index contributed by atoms with van der Waals surface area (Å²) in [6, 6.07) is 3.76. The van der Waals surface area contributed by atoms with Gasteiger partial charge in [0.2, 0.25) is 10.0 Å². The van der Waals surface area contributed by atoms with Gasteiger partial charge in [0.05, 0.1) is 17.9 Å². The normalized spacial score (nSPS) is 10.6. The van der Waals surface area contributed by atoms with E-state index in [4.69, 9.17) is 10.9 Å². The average molecular weight is 299 g/mol. The number of sulfonamides is 1. The van der Waals surface area contributed by atoms with Crippen LogP contribution in [0.3, 0.4) is 0 Å². The summed E-state index contributed by atoms with van der Waals surface area (Å²) in [6.07, 6.45) is 0. The highest BCUT2D eigenvalue weighted by Gasteiger charge is 2.10. The van der Waals surface area contributed by atoms with Gasteiger partial charge >= 0.3 is 0 Å². The van der Waals surface area contributed by atoms with Crippen LogP contribution in [-0.4, -0.2) is 33.2 Å². The van der Waals surface area contributed by atoms with Gasteiger partial charge in [-0.25, -0.2) is 17.9 Å². The van der Waals surface area contributed by atoms with E-state index in [2.05, 4.69) is 17.2 Å². The third-order valence-corrected chi connectivity index (χ3v) is 3.00. The summed E-state index contributed by atoms with van der Waals surface area (Å²) in [5.41, 5.74) is 5.38. The molecule has 0 saturated carbocycles. The number of hydrogen-bond acceptors (Lipinski definition) is 4. The number of benzene rings is 1. The van der Waals surface area contributed by atoms with Crippen molar-refractivity contribution in [3.63, 3.8) is 0 Å². The average Bonchev–Trinajstić information content (AvgIpc) is 2.35. The zero-order valence-electron chi connectivity index (χ0n) is 10.5. The highest BCUT2D eigenvalue weighted by atomic mass is 32.2. The molecule has 0 unspecified atom stereocenters. The summed E-state index contributed by atoms with van der Waals surface area (Å²) in [5.74, 6) is 3.40. The molecule has 0 aliphatic heterocycles. The molecule has 0 fully saturated rings. The summed E-state index contributed by atoms with van der Waals surface area (Å²) in [4.78, 5) is 11.6. The molecule has 5 N–H and O–H groups in total. The minimum absolute atomic E-state index is 0.0650. The maximum absolute atomic E-state index is 13.6. The molecule has 0 saturated heterocycles. The molecule has 8 heteroatoms. The van der Waals surface area contributed by atoms with Crippen LogP contribution in [-0.2, 0) is 10.0 Å². The van der Waals surface area contributed by atoms with Crippen molar-refractivity contribution in [3.05, 3.63) is 35.1 Å². The summed E-state index contributed by atoms with van der Waals surface area (Å²) >= 11 is 0. The topological polar surface area (TPSA) is 115 Å². The highest BCUT2D eigenvalue weighted by molar-refractivity contribution is 7.89. The number of carbonyl (C=O) groups is 1. The first-order valence-corrected chi connectivity index (χ1v) is 7.32. The number of primary sulfonamides is 1. The van der Waals surface area contributed by atoms with Gasteiger partial charge in [-0.15, -0.1) is 0 Å². The van der Waals surface area contributed by atoms with Crippen molar-refractivity contribution >= 4 is 15.9 Å². The van der Waals surface area contributed by atoms with Crippen molar-refractivity contribution in [1.29, 1.82) is 0 Å². The molecule has 0 heterocycles. The predicted molar refractivity (Wildman–Crippen MR) is 72.6 cm³/mol. The molecule has 0 aliphatic carbocycles. The molecule has 0 spiro atoms. The molecule has 0 bridgehead atoms. The number of nitrogens with one attached hydrogen (secondary N) is 1. The summed E-state index contributed by atoms with van der Waals surface area (Å²) < 4.78 is 35.0. The molecular weight excluding hydrogens is 285 g/mol. The minimum atomic E-state index is -3.65. The van der Waals surface area contributed by atoms with E-state index in [1.165, 1.54) is 12.1 Å². The lowest BCUT2D eigenvalue weighted by molar-refractivity contribution is 0.0955. The first-order chi connectivity index (χ1) is 9.33. The number of halogens is 1. The molecule has 0 aromatic heterocycles.